The Labute approximate surface area is 191 Å². The second-order valence-electron chi connectivity index (χ2n) is 7.58. The van der Waals surface area contributed by atoms with E-state index in [4.69, 9.17) is 11.6 Å². The largest absolute Gasteiger partial charge is 0.338 e. The maximum atomic E-state index is 12.7. The van der Waals surface area contributed by atoms with Gasteiger partial charge in [0.2, 0.25) is 5.95 Å². The van der Waals surface area contributed by atoms with Crippen molar-refractivity contribution >= 4 is 47.2 Å². The number of aromatic nitrogens is 4. The number of aryl methyl sites for hydroxylation is 1. The zero-order chi connectivity index (χ0) is 22.7. The fourth-order valence-electron chi connectivity index (χ4n) is 3.19. The van der Waals surface area contributed by atoms with Crippen molar-refractivity contribution in [2.24, 2.45) is 0 Å². The summed E-state index contributed by atoms with van der Waals surface area (Å²) in [6.07, 6.45) is 3.26. The van der Waals surface area contributed by atoms with E-state index in [1.54, 1.807) is 19.5 Å². The van der Waals surface area contributed by atoms with Gasteiger partial charge in [0.25, 0.3) is 0 Å². The first-order chi connectivity index (χ1) is 15.3. The Morgan fingerprint density at radius 1 is 0.938 bits per heavy atom. The first kappa shape index (κ1) is 21.9. The predicted octanol–water partition coefficient (Wildman–Crippen LogP) is 5.63. The number of halogens is 1. The number of hydrogen-bond donors (Lipinski definition) is 2. The number of hydrogen-bond acceptors (Lipinski definition) is 7. The van der Waals surface area contributed by atoms with Gasteiger partial charge < -0.3 is 15.2 Å². The molecule has 4 aromatic rings. The molecule has 0 unspecified atom stereocenters. The van der Waals surface area contributed by atoms with Crippen LogP contribution in [0.1, 0.15) is 5.82 Å². The Balaban J connectivity index is 1.61. The van der Waals surface area contributed by atoms with Crippen LogP contribution in [0.3, 0.4) is 0 Å². The van der Waals surface area contributed by atoms with Crippen LogP contribution in [0.25, 0.3) is 11.3 Å². The van der Waals surface area contributed by atoms with Gasteiger partial charge in [-0.2, -0.15) is 4.98 Å². The first-order valence-electron chi connectivity index (χ1n) is 9.91. The van der Waals surface area contributed by atoms with Gasteiger partial charge in [0, 0.05) is 22.8 Å². The summed E-state index contributed by atoms with van der Waals surface area (Å²) in [5.74, 6) is 1.51. The molecule has 0 saturated carbocycles. The molecule has 7 nitrogen and oxygen atoms in total. The highest BCUT2D eigenvalue weighted by molar-refractivity contribution is 7.70. The second kappa shape index (κ2) is 9.07. The molecule has 162 valence electrons. The number of nitrogens with one attached hydrogen (secondary N) is 2. The van der Waals surface area contributed by atoms with E-state index in [2.05, 4.69) is 30.6 Å². The molecule has 0 aliphatic heterocycles. The Morgan fingerprint density at radius 2 is 1.75 bits per heavy atom. The monoisotopic (exact) mass is 464 g/mol. The van der Waals surface area contributed by atoms with Crippen LogP contribution in [0.2, 0.25) is 5.02 Å². The van der Waals surface area contributed by atoms with E-state index < -0.39 is 7.14 Å². The lowest BCUT2D eigenvalue weighted by molar-refractivity contribution is 0.588. The van der Waals surface area contributed by atoms with Crippen LogP contribution < -0.4 is 15.9 Å². The van der Waals surface area contributed by atoms with Crippen molar-refractivity contribution in [1.29, 1.82) is 0 Å². The van der Waals surface area contributed by atoms with Crippen molar-refractivity contribution in [3.63, 3.8) is 0 Å². The topological polar surface area (TPSA) is 92.7 Å². The molecule has 2 heterocycles. The van der Waals surface area contributed by atoms with E-state index in [0.717, 1.165) is 22.2 Å². The van der Waals surface area contributed by atoms with Gasteiger partial charge in [-0.15, -0.1) is 0 Å². The molecule has 0 saturated heterocycles. The highest BCUT2D eigenvalue weighted by Crippen LogP contribution is 2.38. The number of benzene rings is 2. The highest BCUT2D eigenvalue weighted by atomic mass is 35.5. The number of para-hydroxylation sites is 1. The summed E-state index contributed by atoms with van der Waals surface area (Å²) in [5.41, 5.74) is 3.29. The third kappa shape index (κ3) is 5.13. The quantitative estimate of drug-likeness (QED) is 0.357. The number of nitrogens with zero attached hydrogens (tertiary/aromatic N) is 4. The van der Waals surface area contributed by atoms with E-state index in [9.17, 15) is 4.57 Å². The van der Waals surface area contributed by atoms with Gasteiger partial charge in [-0.05, 0) is 50.6 Å². The van der Waals surface area contributed by atoms with Gasteiger partial charge in [-0.3, -0.25) is 0 Å². The van der Waals surface area contributed by atoms with E-state index in [1.165, 1.54) is 6.20 Å². The molecule has 9 heteroatoms. The fourth-order valence-corrected chi connectivity index (χ4v) is 4.49. The van der Waals surface area contributed by atoms with Crippen molar-refractivity contribution in [1.82, 2.24) is 19.9 Å². The van der Waals surface area contributed by atoms with E-state index >= 15 is 0 Å². The summed E-state index contributed by atoms with van der Waals surface area (Å²) in [4.78, 5) is 17.4. The maximum Gasteiger partial charge on any atom is 0.229 e. The van der Waals surface area contributed by atoms with Gasteiger partial charge in [0.1, 0.15) is 18.0 Å². The van der Waals surface area contributed by atoms with Crippen molar-refractivity contribution in [2.45, 2.75) is 6.92 Å². The van der Waals surface area contributed by atoms with Gasteiger partial charge in [-0.25, -0.2) is 15.0 Å². The maximum absolute atomic E-state index is 12.7. The Bertz CT molecular complexity index is 1320. The molecule has 0 bridgehead atoms. The minimum atomic E-state index is -2.49. The summed E-state index contributed by atoms with van der Waals surface area (Å²) < 4.78 is 12.7. The summed E-state index contributed by atoms with van der Waals surface area (Å²) in [5, 5.41) is 7.50. The fraction of sp³-hybridized carbons (Fsp3) is 0.130. The Morgan fingerprint density at radius 3 is 2.53 bits per heavy atom. The molecular weight excluding hydrogens is 443 g/mol. The molecule has 0 atom stereocenters. The highest BCUT2D eigenvalue weighted by Gasteiger charge is 2.17. The van der Waals surface area contributed by atoms with Crippen molar-refractivity contribution in [2.75, 3.05) is 24.0 Å². The molecule has 2 aromatic carbocycles. The second-order valence-corrected chi connectivity index (χ2v) is 11.2. The standard InChI is InChI=1S/C23H22ClN6OP/c1-15-25-12-11-19(27-15)16-7-6-8-17(13-16)28-23-26-14-18(24)22(30-23)29-20-9-4-5-10-21(20)32(2,3)31/h4-14H,1-3H3,(H2,26,28,29,30). The zero-order valence-corrected chi connectivity index (χ0v) is 19.5. The van der Waals surface area contributed by atoms with Crippen molar-refractivity contribution in [3.05, 3.63) is 77.8 Å². The molecule has 0 aliphatic carbocycles. The van der Waals surface area contributed by atoms with E-state index in [-0.39, 0.29) is 0 Å². The molecule has 32 heavy (non-hydrogen) atoms. The molecule has 0 aliphatic rings. The molecule has 0 spiro atoms. The number of anilines is 4. The van der Waals surface area contributed by atoms with Crippen LogP contribution in [0.15, 0.2) is 67.0 Å². The summed E-state index contributed by atoms with van der Waals surface area (Å²) >= 11 is 6.34. The molecule has 0 amide bonds. The van der Waals surface area contributed by atoms with Gasteiger partial charge in [-0.1, -0.05) is 35.9 Å². The lowest BCUT2D eigenvalue weighted by atomic mass is 10.1. The molecular formula is C23H22ClN6OP. The van der Waals surface area contributed by atoms with Crippen molar-refractivity contribution in [3.8, 4) is 11.3 Å². The molecule has 2 N–H and O–H groups in total. The molecule has 4 rings (SSSR count). The Kier molecular flexibility index (Phi) is 6.21. The minimum absolute atomic E-state index is 0.359. The number of rotatable bonds is 6. The SMILES string of the molecule is Cc1nccc(-c2cccc(Nc3ncc(Cl)c(Nc4ccccc4P(C)(C)=O)n3)c2)n1. The van der Waals surface area contributed by atoms with Gasteiger partial charge in [0.05, 0.1) is 17.6 Å². The zero-order valence-electron chi connectivity index (χ0n) is 17.9. The lowest BCUT2D eigenvalue weighted by Crippen LogP contribution is -2.10. The summed E-state index contributed by atoms with van der Waals surface area (Å²) in [6, 6.07) is 17.1. The Hall–Kier alpha value is -3.28. The van der Waals surface area contributed by atoms with Crippen molar-refractivity contribution < 1.29 is 4.57 Å². The third-order valence-electron chi connectivity index (χ3n) is 4.67. The van der Waals surface area contributed by atoms with Crippen LogP contribution in [-0.2, 0) is 4.57 Å². The van der Waals surface area contributed by atoms with Crippen LogP contribution in [0.5, 0.6) is 0 Å². The van der Waals surface area contributed by atoms with Crippen LogP contribution in [-0.4, -0.2) is 33.3 Å². The van der Waals surface area contributed by atoms with Crippen LogP contribution in [0, 0.1) is 6.92 Å². The minimum Gasteiger partial charge on any atom is -0.338 e. The molecule has 0 fully saturated rings. The van der Waals surface area contributed by atoms with Crippen LogP contribution in [0.4, 0.5) is 23.1 Å². The average molecular weight is 465 g/mol. The van der Waals surface area contributed by atoms with E-state index in [0.29, 0.717) is 28.3 Å². The third-order valence-corrected chi connectivity index (χ3v) is 6.50. The lowest BCUT2D eigenvalue weighted by Gasteiger charge is -2.16. The summed E-state index contributed by atoms with van der Waals surface area (Å²) in [7, 11) is -2.49. The summed E-state index contributed by atoms with van der Waals surface area (Å²) in [6.45, 7) is 5.32. The smallest absolute Gasteiger partial charge is 0.229 e. The normalized spacial score (nSPS) is 11.2. The van der Waals surface area contributed by atoms with Gasteiger partial charge in [0.15, 0.2) is 5.82 Å². The van der Waals surface area contributed by atoms with Gasteiger partial charge >= 0.3 is 0 Å². The first-order valence-corrected chi connectivity index (χ1v) is 12.9. The predicted molar refractivity (Wildman–Crippen MR) is 131 cm³/mol. The molecule has 0 radical (unpaired) electrons. The van der Waals surface area contributed by atoms with Crippen LogP contribution >= 0.6 is 18.7 Å². The molecule has 2 aromatic heterocycles. The van der Waals surface area contributed by atoms with E-state index in [1.807, 2.05) is 61.5 Å². The average Bonchev–Trinajstić information content (AvgIpc) is 2.76.